The Kier molecular flexibility index (Phi) is 10.7. The fourth-order valence-corrected chi connectivity index (χ4v) is 7.41. The van der Waals surface area contributed by atoms with Crippen LogP contribution in [0.5, 0.6) is 0 Å². The molecule has 4 atom stereocenters. The van der Waals surface area contributed by atoms with E-state index in [9.17, 15) is 4.79 Å². The predicted octanol–water partition coefficient (Wildman–Crippen LogP) is 8.63. The number of nitrogens with one attached hydrogen (secondary N) is 2. The van der Waals surface area contributed by atoms with Crippen LogP contribution in [0.25, 0.3) is 0 Å². The fraction of sp³-hybridized carbons (Fsp3) is 0.390. The van der Waals surface area contributed by atoms with E-state index in [1.54, 1.807) is 0 Å². The molecular formula is C41H48N2O. The van der Waals surface area contributed by atoms with Crippen LogP contribution < -0.4 is 10.6 Å². The first-order chi connectivity index (χ1) is 21.7. The Labute approximate surface area is 264 Å². The van der Waals surface area contributed by atoms with Gasteiger partial charge in [0.05, 0.1) is 0 Å². The van der Waals surface area contributed by atoms with E-state index in [1.807, 2.05) is 24.3 Å². The lowest BCUT2D eigenvalue weighted by molar-refractivity contribution is 0.103. The van der Waals surface area contributed by atoms with Crippen LogP contribution in [0.15, 0.2) is 109 Å². The molecule has 3 nitrogen and oxygen atoms in total. The zero-order valence-electron chi connectivity index (χ0n) is 26.1. The first-order valence-electron chi connectivity index (χ1n) is 17.0. The number of rotatable bonds is 14. The highest BCUT2D eigenvalue weighted by Crippen LogP contribution is 2.36. The van der Waals surface area contributed by atoms with Gasteiger partial charge in [0.15, 0.2) is 5.78 Å². The zero-order valence-corrected chi connectivity index (χ0v) is 26.1. The quantitative estimate of drug-likeness (QED) is 0.115. The van der Waals surface area contributed by atoms with E-state index in [4.69, 9.17) is 0 Å². The minimum Gasteiger partial charge on any atom is -0.314 e. The van der Waals surface area contributed by atoms with E-state index in [0.29, 0.717) is 23.9 Å². The Morgan fingerprint density at radius 1 is 0.523 bits per heavy atom. The van der Waals surface area contributed by atoms with E-state index in [2.05, 4.69) is 95.6 Å². The third-order valence-corrected chi connectivity index (χ3v) is 9.99. The topological polar surface area (TPSA) is 41.1 Å². The normalized spacial score (nSPS) is 21.5. The molecule has 4 unspecified atom stereocenters. The average molecular weight is 585 g/mol. The van der Waals surface area contributed by atoms with E-state index < -0.39 is 0 Å². The van der Waals surface area contributed by atoms with Gasteiger partial charge in [0.25, 0.3) is 0 Å². The molecule has 2 fully saturated rings. The summed E-state index contributed by atoms with van der Waals surface area (Å²) in [5.41, 5.74) is 7.16. The number of carbonyl (C=O) groups is 1. The molecule has 228 valence electrons. The van der Waals surface area contributed by atoms with Crippen molar-refractivity contribution in [3.8, 4) is 0 Å². The molecule has 4 aromatic carbocycles. The van der Waals surface area contributed by atoms with Crippen molar-refractivity contribution in [1.82, 2.24) is 10.6 Å². The molecule has 4 aromatic rings. The van der Waals surface area contributed by atoms with Gasteiger partial charge >= 0.3 is 0 Å². The van der Waals surface area contributed by atoms with Crippen LogP contribution in [0.1, 0.15) is 101 Å². The highest BCUT2D eigenvalue weighted by atomic mass is 16.1. The number of hydrogen-bond donors (Lipinski definition) is 2. The number of ketones is 1. The maximum Gasteiger partial charge on any atom is 0.193 e. The summed E-state index contributed by atoms with van der Waals surface area (Å²) in [5, 5.41) is 7.58. The van der Waals surface area contributed by atoms with E-state index in [1.165, 1.54) is 73.6 Å². The summed E-state index contributed by atoms with van der Waals surface area (Å²) in [7, 11) is 0. The lowest BCUT2D eigenvalue weighted by atomic mass is 9.93. The largest absolute Gasteiger partial charge is 0.314 e. The highest BCUT2D eigenvalue weighted by Gasteiger charge is 2.27. The summed E-state index contributed by atoms with van der Waals surface area (Å²) < 4.78 is 0. The second-order valence-electron chi connectivity index (χ2n) is 13.1. The molecule has 0 amide bonds. The van der Waals surface area contributed by atoms with Gasteiger partial charge in [-0.1, -0.05) is 109 Å². The molecule has 0 radical (unpaired) electrons. The fourth-order valence-electron chi connectivity index (χ4n) is 7.41. The molecule has 2 aliphatic rings. The molecule has 44 heavy (non-hydrogen) atoms. The highest BCUT2D eigenvalue weighted by molar-refractivity contribution is 6.09. The van der Waals surface area contributed by atoms with Gasteiger partial charge in [-0.25, -0.2) is 0 Å². The summed E-state index contributed by atoms with van der Waals surface area (Å²) in [6.07, 6.45) is 11.9. The third kappa shape index (κ3) is 8.34. The lowest BCUT2D eigenvalue weighted by Gasteiger charge is -2.15. The van der Waals surface area contributed by atoms with E-state index in [0.717, 1.165) is 37.1 Å². The second kappa shape index (κ2) is 15.5. The molecule has 0 aromatic heterocycles. The van der Waals surface area contributed by atoms with Crippen molar-refractivity contribution in [2.45, 2.75) is 88.1 Å². The van der Waals surface area contributed by atoms with E-state index in [-0.39, 0.29) is 5.78 Å². The van der Waals surface area contributed by atoms with Gasteiger partial charge in [-0.05, 0) is 111 Å². The zero-order chi connectivity index (χ0) is 30.0. The van der Waals surface area contributed by atoms with Crippen LogP contribution in [-0.2, 0) is 12.8 Å². The molecule has 2 saturated carbocycles. The Morgan fingerprint density at radius 2 is 0.932 bits per heavy atom. The van der Waals surface area contributed by atoms with Crippen molar-refractivity contribution in [3.05, 3.63) is 143 Å². The molecule has 6 rings (SSSR count). The first kappa shape index (κ1) is 30.5. The van der Waals surface area contributed by atoms with Gasteiger partial charge in [0.2, 0.25) is 0 Å². The van der Waals surface area contributed by atoms with Crippen molar-refractivity contribution >= 4 is 5.78 Å². The summed E-state index contributed by atoms with van der Waals surface area (Å²) in [6, 6.07) is 39.6. The van der Waals surface area contributed by atoms with Crippen molar-refractivity contribution in [1.29, 1.82) is 0 Å². The van der Waals surface area contributed by atoms with E-state index >= 15 is 0 Å². The van der Waals surface area contributed by atoms with Crippen LogP contribution in [0, 0.1) is 0 Å². The summed E-state index contributed by atoms with van der Waals surface area (Å²) in [6.45, 7) is 2.15. The Bertz CT molecular complexity index is 1320. The first-order valence-corrected chi connectivity index (χ1v) is 17.0. The number of carbonyl (C=O) groups excluding carboxylic acids is 1. The SMILES string of the molecule is O=C(c1ccc(C2CCC(NCCCc3ccccc3)C2)cc1)c1ccc(C2CCC(NCCCc3ccccc3)C2)cc1. The summed E-state index contributed by atoms with van der Waals surface area (Å²) in [5.74, 6) is 1.29. The predicted molar refractivity (Wildman–Crippen MR) is 183 cm³/mol. The molecule has 0 bridgehead atoms. The molecule has 0 heterocycles. The third-order valence-electron chi connectivity index (χ3n) is 9.99. The minimum absolute atomic E-state index is 0.122. The smallest absolute Gasteiger partial charge is 0.193 e. The van der Waals surface area contributed by atoms with Crippen LogP contribution in [0.4, 0.5) is 0 Å². The maximum atomic E-state index is 13.3. The molecule has 0 saturated heterocycles. The van der Waals surface area contributed by atoms with Gasteiger partial charge < -0.3 is 10.6 Å². The molecule has 2 aliphatic carbocycles. The second-order valence-corrected chi connectivity index (χ2v) is 13.1. The monoisotopic (exact) mass is 584 g/mol. The minimum atomic E-state index is 0.122. The number of aryl methyl sites for hydroxylation is 2. The lowest BCUT2D eigenvalue weighted by Crippen LogP contribution is -2.27. The Hall–Kier alpha value is -3.53. The molecule has 0 aliphatic heterocycles. The molecule has 3 heteroatoms. The average Bonchev–Trinajstić information content (AvgIpc) is 3.76. The maximum absolute atomic E-state index is 13.3. The van der Waals surface area contributed by atoms with Crippen molar-refractivity contribution in [3.63, 3.8) is 0 Å². The van der Waals surface area contributed by atoms with Crippen LogP contribution in [-0.4, -0.2) is 31.0 Å². The van der Waals surface area contributed by atoms with Crippen LogP contribution >= 0.6 is 0 Å². The summed E-state index contributed by atoms with van der Waals surface area (Å²) in [4.78, 5) is 13.3. The van der Waals surface area contributed by atoms with Crippen LogP contribution in [0.2, 0.25) is 0 Å². The van der Waals surface area contributed by atoms with Gasteiger partial charge in [-0.3, -0.25) is 4.79 Å². The van der Waals surface area contributed by atoms with Gasteiger partial charge in [0, 0.05) is 23.2 Å². The summed E-state index contributed by atoms with van der Waals surface area (Å²) >= 11 is 0. The van der Waals surface area contributed by atoms with Gasteiger partial charge in [-0.2, -0.15) is 0 Å². The van der Waals surface area contributed by atoms with Gasteiger partial charge in [0.1, 0.15) is 0 Å². The number of hydrogen-bond acceptors (Lipinski definition) is 3. The van der Waals surface area contributed by atoms with Crippen LogP contribution in [0.3, 0.4) is 0 Å². The van der Waals surface area contributed by atoms with Gasteiger partial charge in [-0.15, -0.1) is 0 Å². The molecule has 0 spiro atoms. The number of benzene rings is 4. The van der Waals surface area contributed by atoms with Crippen molar-refractivity contribution < 1.29 is 4.79 Å². The Morgan fingerprint density at radius 3 is 1.34 bits per heavy atom. The molecule has 2 N–H and O–H groups in total. The van der Waals surface area contributed by atoms with Crippen molar-refractivity contribution in [2.75, 3.05) is 13.1 Å². The Balaban J connectivity index is 0.923. The standard InChI is InChI=1S/C41H48N2O/c44-41(35-19-15-33(16-20-35)37-23-25-39(29-37)42-27-7-13-31-9-3-1-4-10-31)36-21-17-34(18-22-36)38-24-26-40(30-38)43-28-8-14-32-11-5-2-6-12-32/h1-6,9-12,15-22,37-40,42-43H,7-8,13-14,23-30H2. The molecular weight excluding hydrogens is 536 g/mol. The van der Waals surface area contributed by atoms with Crippen molar-refractivity contribution in [2.24, 2.45) is 0 Å².